The number of para-hydroxylation sites is 1. The second-order valence-corrected chi connectivity index (χ2v) is 5.67. The van der Waals surface area contributed by atoms with E-state index >= 15 is 0 Å². The number of aryl methyl sites for hydroxylation is 1. The molecule has 0 fully saturated rings. The van der Waals surface area contributed by atoms with Crippen molar-refractivity contribution < 1.29 is 9.90 Å². The first kappa shape index (κ1) is 13.6. The fraction of sp³-hybridized carbons (Fsp3) is 0.400. The fourth-order valence-corrected chi connectivity index (χ4v) is 2.22. The van der Waals surface area contributed by atoms with E-state index in [4.69, 9.17) is 10.8 Å². The van der Waals surface area contributed by atoms with Gasteiger partial charge in [-0.05, 0) is 31.9 Å². The van der Waals surface area contributed by atoms with E-state index in [1.165, 1.54) is 0 Å². The van der Waals surface area contributed by atoms with Crippen LogP contribution in [0.3, 0.4) is 0 Å². The number of hydrogen-bond donors (Lipinski definition) is 2. The van der Waals surface area contributed by atoms with Crippen molar-refractivity contribution in [1.29, 1.82) is 0 Å². The highest BCUT2D eigenvalue weighted by molar-refractivity contribution is 5.87. The number of fused-ring (bicyclic) bond motifs is 1. The average Bonchev–Trinajstić information content (AvgIpc) is 2.64. The predicted octanol–water partition coefficient (Wildman–Crippen LogP) is 2.40. The van der Waals surface area contributed by atoms with Crippen molar-refractivity contribution in [2.24, 2.45) is 5.73 Å². The van der Waals surface area contributed by atoms with Crippen molar-refractivity contribution >= 4 is 16.9 Å². The molecule has 0 saturated heterocycles. The van der Waals surface area contributed by atoms with Gasteiger partial charge in [-0.1, -0.05) is 18.2 Å². The summed E-state index contributed by atoms with van der Waals surface area (Å²) in [5.41, 5.74) is 7.71. The molecule has 4 heteroatoms. The molecule has 0 atom stereocenters. The topological polar surface area (TPSA) is 68.2 Å². The highest BCUT2D eigenvalue weighted by Crippen LogP contribution is 2.23. The van der Waals surface area contributed by atoms with Crippen LogP contribution in [0.2, 0.25) is 0 Å². The zero-order valence-corrected chi connectivity index (χ0v) is 11.4. The number of aliphatic carboxylic acids is 1. The van der Waals surface area contributed by atoms with E-state index in [0.717, 1.165) is 29.4 Å². The Labute approximate surface area is 112 Å². The van der Waals surface area contributed by atoms with Gasteiger partial charge in [0.1, 0.15) is 0 Å². The lowest BCUT2D eigenvalue weighted by Gasteiger charge is -2.18. The van der Waals surface area contributed by atoms with Gasteiger partial charge in [-0.2, -0.15) is 0 Å². The molecular weight excluding hydrogens is 240 g/mol. The molecule has 19 heavy (non-hydrogen) atoms. The molecule has 0 saturated carbocycles. The Morgan fingerprint density at radius 1 is 1.37 bits per heavy atom. The Hall–Kier alpha value is -1.81. The maximum Gasteiger partial charge on any atom is 0.307 e. The lowest BCUT2D eigenvalue weighted by molar-refractivity contribution is -0.136. The molecular formula is C15H20N2O2. The molecule has 1 aromatic heterocycles. The average molecular weight is 260 g/mol. The Bertz CT molecular complexity index is 594. The van der Waals surface area contributed by atoms with Gasteiger partial charge in [-0.3, -0.25) is 4.79 Å². The van der Waals surface area contributed by atoms with Gasteiger partial charge in [0, 0.05) is 29.2 Å². The first-order chi connectivity index (χ1) is 8.87. The fourth-order valence-electron chi connectivity index (χ4n) is 2.22. The SMILES string of the molecule is CC(C)(N)CCn1cc(CC(=O)O)c2ccccc21. The number of carbonyl (C=O) groups is 1. The van der Waals surface area contributed by atoms with Gasteiger partial charge in [0.05, 0.1) is 6.42 Å². The second kappa shape index (κ2) is 5.05. The molecule has 0 bridgehead atoms. The number of benzene rings is 1. The van der Waals surface area contributed by atoms with Crippen LogP contribution >= 0.6 is 0 Å². The van der Waals surface area contributed by atoms with Gasteiger partial charge >= 0.3 is 5.97 Å². The highest BCUT2D eigenvalue weighted by atomic mass is 16.4. The van der Waals surface area contributed by atoms with E-state index in [1.807, 2.05) is 44.3 Å². The molecule has 102 valence electrons. The second-order valence-electron chi connectivity index (χ2n) is 5.67. The maximum absolute atomic E-state index is 10.9. The van der Waals surface area contributed by atoms with E-state index in [2.05, 4.69) is 4.57 Å². The van der Waals surface area contributed by atoms with Crippen molar-refractivity contribution in [1.82, 2.24) is 4.57 Å². The minimum atomic E-state index is -0.804. The number of rotatable bonds is 5. The van der Waals surface area contributed by atoms with Crippen LogP contribution in [0.15, 0.2) is 30.5 Å². The Morgan fingerprint density at radius 3 is 2.68 bits per heavy atom. The lowest BCUT2D eigenvalue weighted by atomic mass is 10.0. The number of nitrogens with zero attached hydrogens (tertiary/aromatic N) is 1. The largest absolute Gasteiger partial charge is 0.481 e. The van der Waals surface area contributed by atoms with Crippen LogP contribution in [-0.2, 0) is 17.8 Å². The lowest BCUT2D eigenvalue weighted by Crippen LogP contribution is -2.33. The van der Waals surface area contributed by atoms with Crippen molar-refractivity contribution in [3.8, 4) is 0 Å². The van der Waals surface area contributed by atoms with Gasteiger partial charge in [-0.15, -0.1) is 0 Å². The normalized spacial score (nSPS) is 11.9. The van der Waals surface area contributed by atoms with Crippen LogP contribution < -0.4 is 5.73 Å². The minimum absolute atomic E-state index is 0.0551. The molecule has 3 N–H and O–H groups in total. The summed E-state index contributed by atoms with van der Waals surface area (Å²) < 4.78 is 2.10. The van der Waals surface area contributed by atoms with Crippen molar-refractivity contribution in [3.63, 3.8) is 0 Å². The van der Waals surface area contributed by atoms with Crippen molar-refractivity contribution in [2.45, 2.75) is 38.8 Å². The third kappa shape index (κ3) is 3.35. The molecule has 0 aliphatic heterocycles. The van der Waals surface area contributed by atoms with Crippen LogP contribution in [0.1, 0.15) is 25.8 Å². The van der Waals surface area contributed by atoms with Crippen LogP contribution in [-0.4, -0.2) is 21.2 Å². The Balaban J connectivity index is 2.36. The summed E-state index contributed by atoms with van der Waals surface area (Å²) in [6.45, 7) is 4.79. The molecule has 2 rings (SSSR count). The molecule has 0 amide bonds. The maximum atomic E-state index is 10.9. The number of hydrogen-bond acceptors (Lipinski definition) is 2. The summed E-state index contributed by atoms with van der Waals surface area (Å²) in [4.78, 5) is 10.9. The third-order valence-electron chi connectivity index (χ3n) is 3.21. The standard InChI is InChI=1S/C15H20N2O2/c1-15(2,16)7-8-17-10-11(9-14(18)19)12-5-3-4-6-13(12)17/h3-6,10H,7-9,16H2,1-2H3,(H,18,19). The summed E-state index contributed by atoms with van der Waals surface area (Å²) in [5.74, 6) is -0.804. The smallest absolute Gasteiger partial charge is 0.307 e. The molecule has 0 aliphatic carbocycles. The van der Waals surface area contributed by atoms with Gasteiger partial charge in [0.25, 0.3) is 0 Å². The quantitative estimate of drug-likeness (QED) is 0.867. The van der Waals surface area contributed by atoms with Gasteiger partial charge in [0.2, 0.25) is 0 Å². The summed E-state index contributed by atoms with van der Waals surface area (Å²) in [5, 5.41) is 9.98. The summed E-state index contributed by atoms with van der Waals surface area (Å²) in [6.07, 6.45) is 2.84. The molecule has 1 aromatic carbocycles. The summed E-state index contributed by atoms with van der Waals surface area (Å²) >= 11 is 0. The van der Waals surface area contributed by atoms with Crippen LogP contribution in [0.4, 0.5) is 0 Å². The minimum Gasteiger partial charge on any atom is -0.481 e. The molecule has 0 spiro atoms. The summed E-state index contributed by atoms with van der Waals surface area (Å²) in [6, 6.07) is 7.89. The van der Waals surface area contributed by atoms with E-state index < -0.39 is 5.97 Å². The van der Waals surface area contributed by atoms with Gasteiger partial charge < -0.3 is 15.4 Å². The molecule has 0 aliphatic rings. The predicted molar refractivity (Wildman–Crippen MR) is 76.2 cm³/mol. The van der Waals surface area contributed by atoms with Gasteiger partial charge in [0.15, 0.2) is 0 Å². The van der Waals surface area contributed by atoms with E-state index in [9.17, 15) is 4.79 Å². The molecule has 4 nitrogen and oxygen atoms in total. The zero-order chi connectivity index (χ0) is 14.0. The highest BCUT2D eigenvalue weighted by Gasteiger charge is 2.14. The van der Waals surface area contributed by atoms with Crippen LogP contribution in [0, 0.1) is 0 Å². The molecule has 0 radical (unpaired) electrons. The van der Waals surface area contributed by atoms with Crippen LogP contribution in [0.5, 0.6) is 0 Å². The van der Waals surface area contributed by atoms with E-state index in [0.29, 0.717) is 0 Å². The van der Waals surface area contributed by atoms with E-state index in [1.54, 1.807) is 0 Å². The van der Waals surface area contributed by atoms with Crippen molar-refractivity contribution in [2.75, 3.05) is 0 Å². The van der Waals surface area contributed by atoms with Crippen LogP contribution in [0.25, 0.3) is 10.9 Å². The number of carboxylic acid groups (broad SMARTS) is 1. The summed E-state index contributed by atoms with van der Waals surface area (Å²) in [7, 11) is 0. The van der Waals surface area contributed by atoms with Gasteiger partial charge in [-0.25, -0.2) is 0 Å². The third-order valence-corrected chi connectivity index (χ3v) is 3.21. The number of aromatic nitrogens is 1. The number of carboxylic acids is 1. The number of nitrogens with two attached hydrogens (primary N) is 1. The van der Waals surface area contributed by atoms with Crippen molar-refractivity contribution in [3.05, 3.63) is 36.0 Å². The molecule has 1 heterocycles. The first-order valence-electron chi connectivity index (χ1n) is 6.44. The molecule has 2 aromatic rings. The monoisotopic (exact) mass is 260 g/mol. The van der Waals surface area contributed by atoms with E-state index in [-0.39, 0.29) is 12.0 Å². The zero-order valence-electron chi connectivity index (χ0n) is 11.4. The Morgan fingerprint density at radius 2 is 2.05 bits per heavy atom. The first-order valence-corrected chi connectivity index (χ1v) is 6.44. The Kier molecular flexibility index (Phi) is 3.62. The molecule has 0 unspecified atom stereocenters.